The smallest absolute Gasteiger partial charge is 0.168 e. The van der Waals surface area contributed by atoms with Crippen LogP contribution in [0.5, 0.6) is 0 Å². The highest BCUT2D eigenvalue weighted by Gasteiger charge is 2.07. The number of hydrogen-bond donors (Lipinski definition) is 0. The highest BCUT2D eigenvalue weighted by molar-refractivity contribution is 9.10. The van der Waals surface area contributed by atoms with Crippen molar-refractivity contribution in [2.75, 3.05) is 0 Å². The maximum atomic E-state index is 10.7. The summed E-state index contributed by atoms with van der Waals surface area (Å²) in [6, 6.07) is 0. The highest BCUT2D eigenvalue weighted by atomic mass is 79.9. The predicted molar refractivity (Wildman–Crippen MR) is 57.6 cm³/mol. The first-order valence-corrected chi connectivity index (χ1v) is 5.13. The molecule has 5 nitrogen and oxygen atoms in total. The van der Waals surface area contributed by atoms with Crippen molar-refractivity contribution in [2.45, 2.75) is 6.54 Å². The van der Waals surface area contributed by atoms with E-state index >= 15 is 0 Å². The van der Waals surface area contributed by atoms with Gasteiger partial charge in [0.25, 0.3) is 0 Å². The number of carbonyl (C=O) groups is 1. The van der Waals surface area contributed by atoms with Gasteiger partial charge in [-0.15, -0.1) is 0 Å². The van der Waals surface area contributed by atoms with Gasteiger partial charge >= 0.3 is 0 Å². The van der Waals surface area contributed by atoms with E-state index in [9.17, 15) is 4.79 Å². The molecule has 6 heteroatoms. The monoisotopic (exact) mass is 268 g/mol. The van der Waals surface area contributed by atoms with Crippen molar-refractivity contribution < 1.29 is 4.79 Å². The molecule has 0 aliphatic heterocycles. The van der Waals surface area contributed by atoms with Crippen molar-refractivity contribution in [1.29, 1.82) is 0 Å². The average Bonchev–Trinajstić information content (AvgIpc) is 2.74. The van der Waals surface area contributed by atoms with E-state index in [2.05, 4.69) is 26.0 Å². The Hall–Kier alpha value is -1.43. The van der Waals surface area contributed by atoms with Crippen LogP contribution in [0.2, 0.25) is 0 Å². The third-order valence-corrected chi connectivity index (χ3v) is 2.70. The normalized spacial score (nSPS) is 10.5. The van der Waals surface area contributed by atoms with Gasteiger partial charge in [0.2, 0.25) is 0 Å². The minimum atomic E-state index is 0.537. The SMILES string of the molecule is Cn1cc(Br)c(Cn2cncc2C=O)n1. The Labute approximate surface area is 94.9 Å². The van der Waals surface area contributed by atoms with E-state index in [1.54, 1.807) is 15.6 Å². The summed E-state index contributed by atoms with van der Waals surface area (Å²) < 4.78 is 4.40. The summed E-state index contributed by atoms with van der Waals surface area (Å²) in [4.78, 5) is 14.6. The zero-order chi connectivity index (χ0) is 10.8. The predicted octanol–water partition coefficient (Wildman–Crippen LogP) is 1.24. The van der Waals surface area contributed by atoms with E-state index in [4.69, 9.17) is 0 Å². The van der Waals surface area contributed by atoms with Gasteiger partial charge in [0.1, 0.15) is 5.69 Å². The second-order valence-corrected chi connectivity index (χ2v) is 4.02. The van der Waals surface area contributed by atoms with Crippen LogP contribution in [0.25, 0.3) is 0 Å². The maximum absolute atomic E-state index is 10.7. The lowest BCUT2D eigenvalue weighted by Gasteiger charge is -2.01. The molecule has 2 rings (SSSR count). The molecule has 2 heterocycles. The summed E-state index contributed by atoms with van der Waals surface area (Å²) >= 11 is 3.40. The van der Waals surface area contributed by atoms with Crippen LogP contribution in [0, 0.1) is 0 Å². The Morgan fingerprint density at radius 2 is 2.40 bits per heavy atom. The molecule has 0 amide bonds. The van der Waals surface area contributed by atoms with Gasteiger partial charge in [-0.25, -0.2) is 4.98 Å². The van der Waals surface area contributed by atoms with Gasteiger partial charge in [-0.1, -0.05) is 0 Å². The first kappa shape index (κ1) is 10.1. The molecule has 0 spiro atoms. The first-order chi connectivity index (χ1) is 7.20. The number of rotatable bonds is 3. The molecular weight excluding hydrogens is 260 g/mol. The van der Waals surface area contributed by atoms with Crippen LogP contribution in [0.4, 0.5) is 0 Å². The molecule has 0 N–H and O–H groups in total. The Balaban J connectivity index is 2.29. The van der Waals surface area contributed by atoms with Crippen molar-refractivity contribution in [2.24, 2.45) is 7.05 Å². The lowest BCUT2D eigenvalue weighted by Crippen LogP contribution is -2.04. The molecule has 0 aliphatic rings. The van der Waals surface area contributed by atoms with Gasteiger partial charge in [0.05, 0.1) is 29.2 Å². The van der Waals surface area contributed by atoms with Gasteiger partial charge in [-0.05, 0) is 15.9 Å². The summed E-state index contributed by atoms with van der Waals surface area (Å²) in [5, 5.41) is 4.27. The molecule has 0 saturated heterocycles. The molecule has 0 radical (unpaired) electrons. The van der Waals surface area contributed by atoms with Crippen LogP contribution in [0.1, 0.15) is 16.2 Å². The minimum absolute atomic E-state index is 0.537. The van der Waals surface area contributed by atoms with Crippen molar-refractivity contribution >= 4 is 22.2 Å². The zero-order valence-corrected chi connectivity index (χ0v) is 9.68. The lowest BCUT2D eigenvalue weighted by molar-refractivity contribution is 0.111. The fraction of sp³-hybridized carbons (Fsp3) is 0.222. The van der Waals surface area contributed by atoms with E-state index in [-0.39, 0.29) is 0 Å². The van der Waals surface area contributed by atoms with Crippen LogP contribution < -0.4 is 0 Å². The average molecular weight is 269 g/mol. The number of halogens is 1. The molecule has 0 atom stereocenters. The van der Waals surface area contributed by atoms with Gasteiger partial charge in [-0.3, -0.25) is 9.48 Å². The van der Waals surface area contributed by atoms with E-state index < -0.39 is 0 Å². The fourth-order valence-electron chi connectivity index (χ4n) is 1.34. The molecule has 0 saturated carbocycles. The Morgan fingerprint density at radius 3 is 3.00 bits per heavy atom. The summed E-state index contributed by atoms with van der Waals surface area (Å²) in [5.41, 5.74) is 1.42. The van der Waals surface area contributed by atoms with Crippen molar-refractivity contribution in [3.05, 3.63) is 34.6 Å². The maximum Gasteiger partial charge on any atom is 0.168 e. The van der Waals surface area contributed by atoms with Gasteiger partial charge in [0.15, 0.2) is 6.29 Å². The number of nitrogens with zero attached hydrogens (tertiary/aromatic N) is 4. The number of aromatic nitrogens is 4. The number of aryl methyl sites for hydroxylation is 1. The number of carbonyl (C=O) groups excluding carboxylic acids is 1. The third kappa shape index (κ3) is 1.99. The second kappa shape index (κ2) is 3.98. The van der Waals surface area contributed by atoms with Crippen LogP contribution in [0.15, 0.2) is 23.2 Å². The molecule has 0 bridgehead atoms. The topological polar surface area (TPSA) is 52.7 Å². The molecule has 0 aliphatic carbocycles. The Bertz CT molecular complexity index is 488. The third-order valence-electron chi connectivity index (χ3n) is 2.04. The number of imidazole rings is 1. The van der Waals surface area contributed by atoms with E-state index in [0.29, 0.717) is 12.2 Å². The molecule has 0 fully saturated rings. The van der Waals surface area contributed by atoms with Crippen molar-refractivity contribution in [1.82, 2.24) is 19.3 Å². The summed E-state index contributed by atoms with van der Waals surface area (Å²) in [6.45, 7) is 0.537. The Kier molecular flexibility index (Phi) is 2.68. The summed E-state index contributed by atoms with van der Waals surface area (Å²) in [6.07, 6.45) is 5.80. The summed E-state index contributed by atoms with van der Waals surface area (Å²) in [7, 11) is 1.85. The molecular formula is C9H9BrN4O. The molecule has 15 heavy (non-hydrogen) atoms. The zero-order valence-electron chi connectivity index (χ0n) is 8.09. The van der Waals surface area contributed by atoms with Crippen molar-refractivity contribution in [3.63, 3.8) is 0 Å². The first-order valence-electron chi connectivity index (χ1n) is 4.34. The molecule has 0 unspecified atom stereocenters. The summed E-state index contributed by atoms with van der Waals surface area (Å²) in [5.74, 6) is 0. The number of aldehydes is 1. The molecule has 2 aromatic heterocycles. The van der Waals surface area contributed by atoms with Gasteiger partial charge in [-0.2, -0.15) is 5.10 Å². The van der Waals surface area contributed by atoms with Crippen LogP contribution >= 0.6 is 15.9 Å². The van der Waals surface area contributed by atoms with Crippen LogP contribution in [0.3, 0.4) is 0 Å². The van der Waals surface area contributed by atoms with Gasteiger partial charge in [0, 0.05) is 13.2 Å². The fourth-order valence-corrected chi connectivity index (χ4v) is 1.84. The minimum Gasteiger partial charge on any atom is -0.322 e. The molecule has 0 aromatic carbocycles. The van der Waals surface area contributed by atoms with E-state index in [1.165, 1.54) is 6.20 Å². The molecule has 78 valence electrons. The van der Waals surface area contributed by atoms with E-state index in [1.807, 2.05) is 13.2 Å². The van der Waals surface area contributed by atoms with Crippen LogP contribution in [-0.2, 0) is 13.6 Å². The van der Waals surface area contributed by atoms with Crippen LogP contribution in [-0.4, -0.2) is 25.6 Å². The second-order valence-electron chi connectivity index (χ2n) is 3.16. The Morgan fingerprint density at radius 1 is 1.60 bits per heavy atom. The lowest BCUT2D eigenvalue weighted by atomic mass is 10.4. The quantitative estimate of drug-likeness (QED) is 0.788. The molecule has 2 aromatic rings. The largest absolute Gasteiger partial charge is 0.322 e. The highest BCUT2D eigenvalue weighted by Crippen LogP contribution is 2.15. The number of hydrogen-bond acceptors (Lipinski definition) is 3. The van der Waals surface area contributed by atoms with Gasteiger partial charge < -0.3 is 4.57 Å². The van der Waals surface area contributed by atoms with Crippen molar-refractivity contribution in [3.8, 4) is 0 Å². The van der Waals surface area contributed by atoms with E-state index in [0.717, 1.165) is 16.5 Å². The standard InChI is InChI=1S/C9H9BrN4O/c1-13-3-8(10)9(12-13)4-14-6-11-2-7(14)5-15/h2-3,5-6H,4H2,1H3.